The molecule has 0 spiro atoms. The molecule has 0 aliphatic rings. The smallest absolute Gasteiger partial charge is 0.268 e. The molecule has 234 valence electrons. The summed E-state index contributed by atoms with van der Waals surface area (Å²) in [4.78, 5) is 25.4. The molecule has 0 aromatic carbocycles. The zero-order valence-electron chi connectivity index (χ0n) is 25.9. The quantitative estimate of drug-likeness (QED) is 0.0521. The largest absolute Gasteiger partial charge is 0.756 e. The zero-order valence-corrected chi connectivity index (χ0v) is 26.8. The predicted molar refractivity (Wildman–Crippen MR) is 162 cm³/mol. The number of aliphatic hydroxyl groups is 1. The molecule has 3 atom stereocenters. The monoisotopic (exact) mass is 587 g/mol. The van der Waals surface area contributed by atoms with Crippen LogP contribution in [0.4, 0.5) is 0 Å². The molecule has 0 rings (SSSR count). The van der Waals surface area contributed by atoms with Gasteiger partial charge in [0.1, 0.15) is 25.4 Å². The van der Waals surface area contributed by atoms with Crippen LogP contribution in [0.15, 0.2) is 36.5 Å². The third-order valence-corrected chi connectivity index (χ3v) is 7.26. The predicted octanol–water partition coefficient (Wildman–Crippen LogP) is 6.29. The minimum atomic E-state index is -4.72. The van der Waals surface area contributed by atoms with Crippen molar-refractivity contribution in [1.82, 2.24) is 0 Å². The van der Waals surface area contributed by atoms with Gasteiger partial charge in [0.25, 0.3) is 7.82 Å². The molecule has 2 unspecified atom stereocenters. The van der Waals surface area contributed by atoms with E-state index >= 15 is 0 Å². The van der Waals surface area contributed by atoms with Gasteiger partial charge in [-0.2, -0.15) is 0 Å². The molecule has 1 N–H and O–H groups in total. The molecule has 0 aromatic rings. The number of rotatable bonds is 27. The van der Waals surface area contributed by atoms with Gasteiger partial charge in [-0.1, -0.05) is 82.4 Å². The van der Waals surface area contributed by atoms with Gasteiger partial charge in [0.2, 0.25) is 0 Å². The Labute approximate surface area is 244 Å². The van der Waals surface area contributed by atoms with Crippen molar-refractivity contribution in [2.75, 3.05) is 47.5 Å². The van der Waals surface area contributed by atoms with E-state index in [9.17, 15) is 19.4 Å². The van der Waals surface area contributed by atoms with Gasteiger partial charge in [-0.05, 0) is 44.9 Å². The van der Waals surface area contributed by atoms with Crippen molar-refractivity contribution in [2.45, 2.75) is 110 Å². The summed E-state index contributed by atoms with van der Waals surface area (Å²) in [5.74, 6) is -0.247. The summed E-state index contributed by atoms with van der Waals surface area (Å²) in [7, 11) is 1.03. The number of nitrogens with zero attached hydrogens (tertiary/aromatic N) is 1. The Morgan fingerprint density at radius 2 is 1.50 bits per heavy atom. The maximum atomic E-state index is 13.0. The highest BCUT2D eigenvalue weighted by atomic mass is 31.2. The third kappa shape index (κ3) is 23.6. The van der Waals surface area contributed by atoms with Crippen LogP contribution < -0.4 is 4.89 Å². The molecule has 0 saturated carbocycles. The number of allylic oxidation sites excluding steroid dienone is 6. The number of phosphoric ester groups is 1. The van der Waals surface area contributed by atoms with Gasteiger partial charge in [0.15, 0.2) is 5.78 Å². The fraction of sp³-hybridized carbons (Fsp3) is 0.774. The van der Waals surface area contributed by atoms with Crippen LogP contribution in [0.1, 0.15) is 97.3 Å². The molecule has 0 aliphatic heterocycles. The Balaban J connectivity index is 4.54. The van der Waals surface area contributed by atoms with E-state index in [-0.39, 0.29) is 18.8 Å². The molecule has 0 radical (unpaired) electrons. The van der Waals surface area contributed by atoms with Crippen molar-refractivity contribution in [3.05, 3.63) is 36.5 Å². The summed E-state index contributed by atoms with van der Waals surface area (Å²) in [5.41, 5.74) is 0. The van der Waals surface area contributed by atoms with E-state index in [0.29, 0.717) is 24.1 Å². The molecule has 0 fully saturated rings. The topological polar surface area (TPSA) is 105 Å². The molecule has 40 heavy (non-hydrogen) atoms. The fourth-order valence-corrected chi connectivity index (χ4v) is 4.71. The molecule has 8 nitrogen and oxygen atoms in total. The van der Waals surface area contributed by atoms with Crippen molar-refractivity contribution in [2.24, 2.45) is 0 Å². The first kappa shape index (κ1) is 38.9. The number of carbonyl (C=O) groups excluding carboxylic acids is 1. The van der Waals surface area contributed by atoms with Crippen LogP contribution in [0.2, 0.25) is 0 Å². The van der Waals surface area contributed by atoms with E-state index in [1.165, 1.54) is 0 Å². The highest BCUT2D eigenvalue weighted by Crippen LogP contribution is 2.40. The van der Waals surface area contributed by atoms with Crippen molar-refractivity contribution >= 4 is 13.6 Å². The highest BCUT2D eigenvalue weighted by Gasteiger charge is 2.32. The van der Waals surface area contributed by atoms with Crippen LogP contribution in [0.3, 0.4) is 0 Å². The van der Waals surface area contributed by atoms with E-state index in [4.69, 9.17) is 13.8 Å². The number of aliphatic hydroxyl groups excluding tert-OH is 1. The second-order valence-electron chi connectivity index (χ2n) is 11.2. The number of hydrogen-bond acceptors (Lipinski definition) is 7. The number of quaternary nitrogens is 1. The van der Waals surface area contributed by atoms with E-state index < -0.39 is 26.6 Å². The zero-order chi connectivity index (χ0) is 30.1. The lowest BCUT2D eigenvalue weighted by atomic mass is 10.0. The standard InChI is InChI=1S/C31H58NO7P/c1-6-8-10-11-12-13-14-15-16-17-18-19-20-21-22-24-29(34)31(37-26-23-9-7-2)30(28-33)39-40(35,36)38-27-25-32(3,4)5/h8,10,12-13,15-16,30-31,33H,6-7,9,11,14,17-28H2,1-5H3/b10-8-,13-12-,16-15-/t30-,31?/m0/s1. The first-order valence-electron chi connectivity index (χ1n) is 15.2. The number of hydrogen-bond donors (Lipinski definition) is 1. The van der Waals surface area contributed by atoms with Crippen molar-refractivity contribution in [1.29, 1.82) is 0 Å². The van der Waals surface area contributed by atoms with Crippen LogP contribution >= 0.6 is 7.82 Å². The number of carbonyl (C=O) groups is 1. The summed E-state index contributed by atoms with van der Waals surface area (Å²) in [5, 5.41) is 9.88. The van der Waals surface area contributed by atoms with Gasteiger partial charge in [0.05, 0.1) is 27.7 Å². The molecular formula is C31H58NO7P. The molecular weight excluding hydrogens is 529 g/mol. The summed E-state index contributed by atoms with van der Waals surface area (Å²) in [6.07, 6.45) is 22.6. The van der Waals surface area contributed by atoms with Crippen LogP contribution in [-0.2, 0) is 23.1 Å². The van der Waals surface area contributed by atoms with Gasteiger partial charge in [-0.15, -0.1) is 0 Å². The highest BCUT2D eigenvalue weighted by molar-refractivity contribution is 7.45. The number of phosphoric acid groups is 1. The molecule has 9 heteroatoms. The fourth-order valence-electron chi connectivity index (χ4n) is 3.84. The average molecular weight is 588 g/mol. The lowest BCUT2D eigenvalue weighted by Gasteiger charge is -2.32. The van der Waals surface area contributed by atoms with Gasteiger partial charge < -0.3 is 28.3 Å². The Morgan fingerprint density at radius 3 is 2.12 bits per heavy atom. The van der Waals surface area contributed by atoms with E-state index in [0.717, 1.165) is 70.6 Å². The van der Waals surface area contributed by atoms with Gasteiger partial charge in [-0.25, -0.2) is 0 Å². The van der Waals surface area contributed by atoms with Crippen molar-refractivity contribution in [3.63, 3.8) is 0 Å². The number of likely N-dealkylation sites (N-methyl/N-ethyl adjacent to an activating group) is 1. The summed E-state index contributed by atoms with van der Waals surface area (Å²) < 4.78 is 28.8. The maximum absolute atomic E-state index is 13.0. The Kier molecular flexibility index (Phi) is 23.8. The van der Waals surface area contributed by atoms with Crippen LogP contribution in [-0.4, -0.2) is 75.1 Å². The lowest BCUT2D eigenvalue weighted by molar-refractivity contribution is -0.870. The molecule has 0 heterocycles. The number of ketones is 1. The second kappa shape index (κ2) is 24.5. The first-order valence-corrected chi connectivity index (χ1v) is 16.7. The average Bonchev–Trinajstić information content (AvgIpc) is 2.88. The Morgan fingerprint density at radius 1 is 0.875 bits per heavy atom. The first-order chi connectivity index (χ1) is 19.1. The van der Waals surface area contributed by atoms with Gasteiger partial charge in [-0.3, -0.25) is 9.36 Å². The molecule has 0 saturated heterocycles. The van der Waals surface area contributed by atoms with Crippen LogP contribution in [0.25, 0.3) is 0 Å². The van der Waals surface area contributed by atoms with E-state index in [1.54, 1.807) is 0 Å². The SMILES string of the molecule is CC/C=C\C/C=C\C/C=C\CCCCCCCC(=O)C(OCCCCC)[C@H](CO)OP(=O)([O-])OCC[N+](C)(C)C. The molecule has 0 amide bonds. The third-order valence-electron chi connectivity index (χ3n) is 6.23. The summed E-state index contributed by atoms with van der Waals surface area (Å²) in [6, 6.07) is 0. The second-order valence-corrected chi connectivity index (χ2v) is 12.5. The van der Waals surface area contributed by atoms with Gasteiger partial charge in [0, 0.05) is 13.0 Å². The van der Waals surface area contributed by atoms with E-state index in [2.05, 4.69) is 50.3 Å². The Bertz CT molecular complexity index is 761. The molecule has 0 aliphatic carbocycles. The van der Waals surface area contributed by atoms with Crippen molar-refractivity contribution < 1.29 is 37.6 Å². The van der Waals surface area contributed by atoms with Gasteiger partial charge >= 0.3 is 0 Å². The minimum absolute atomic E-state index is 0.0534. The number of unbranched alkanes of at least 4 members (excludes halogenated alkanes) is 7. The normalized spacial score (nSPS) is 15.8. The summed E-state index contributed by atoms with van der Waals surface area (Å²) >= 11 is 0. The van der Waals surface area contributed by atoms with Crippen LogP contribution in [0, 0.1) is 0 Å². The Hall–Kier alpha value is -1.12. The van der Waals surface area contributed by atoms with Crippen molar-refractivity contribution in [3.8, 4) is 0 Å². The maximum Gasteiger partial charge on any atom is 0.268 e. The molecule has 0 aromatic heterocycles. The summed E-state index contributed by atoms with van der Waals surface area (Å²) in [6.45, 7) is 4.24. The number of Topliss-reactive ketones (excluding diaryl/α,β-unsaturated/α-hetero) is 1. The van der Waals surface area contributed by atoms with E-state index in [1.807, 2.05) is 21.1 Å². The van der Waals surface area contributed by atoms with Crippen LogP contribution in [0.5, 0.6) is 0 Å². The minimum Gasteiger partial charge on any atom is -0.756 e. The molecule has 0 bridgehead atoms. The number of ether oxygens (including phenoxy) is 1. The lowest BCUT2D eigenvalue weighted by Crippen LogP contribution is -2.42.